The van der Waals surface area contributed by atoms with E-state index >= 15 is 0 Å². The van der Waals surface area contributed by atoms with Crippen molar-refractivity contribution in [1.29, 1.82) is 0 Å². The van der Waals surface area contributed by atoms with Gasteiger partial charge in [-0.1, -0.05) is 26.3 Å². The Morgan fingerprint density at radius 1 is 1.08 bits per heavy atom. The van der Waals surface area contributed by atoms with E-state index in [4.69, 9.17) is 4.98 Å². The molecule has 0 aliphatic heterocycles. The lowest BCUT2D eigenvalue weighted by Gasteiger charge is -2.15. The Morgan fingerprint density at radius 2 is 1.96 bits per heavy atom. The normalized spacial score (nSPS) is 12.0. The Balaban J connectivity index is 2.00. The monoisotopic (exact) mass is 335 g/mol. The molecule has 4 heteroatoms. The number of nitrogens with one attached hydrogen (secondary N) is 1. The van der Waals surface area contributed by atoms with Gasteiger partial charge in [-0.2, -0.15) is 0 Å². The summed E-state index contributed by atoms with van der Waals surface area (Å²) in [4.78, 5) is 9.01. The van der Waals surface area contributed by atoms with Crippen LogP contribution in [0.2, 0.25) is 0 Å². The zero-order valence-electron chi connectivity index (χ0n) is 14.5. The maximum absolute atomic E-state index is 13.5. The third-order valence-electron chi connectivity index (χ3n) is 4.14. The number of pyridine rings is 2. The first kappa shape index (κ1) is 17.1. The Hall–Kier alpha value is -2.75. The van der Waals surface area contributed by atoms with Crippen LogP contribution in [-0.2, 0) is 0 Å². The average molecular weight is 335 g/mol. The molecule has 2 aromatic heterocycles. The van der Waals surface area contributed by atoms with E-state index in [0.29, 0.717) is 5.92 Å². The Kier molecular flexibility index (Phi) is 5.39. The summed E-state index contributed by atoms with van der Waals surface area (Å²) in [5.41, 5.74) is 4.49. The van der Waals surface area contributed by atoms with E-state index in [-0.39, 0.29) is 5.82 Å². The lowest BCUT2D eigenvalue weighted by atomic mass is 10.00. The summed E-state index contributed by atoms with van der Waals surface area (Å²) in [5.74, 6) is 0.0980. The van der Waals surface area contributed by atoms with Crippen LogP contribution in [0, 0.1) is 5.82 Å². The Bertz CT molecular complexity index is 834. The van der Waals surface area contributed by atoms with Gasteiger partial charge >= 0.3 is 0 Å². The molecule has 1 unspecified atom stereocenters. The fraction of sp³-hybridized carbons (Fsp3) is 0.238. The summed E-state index contributed by atoms with van der Waals surface area (Å²) in [6, 6.07) is 14.4. The van der Waals surface area contributed by atoms with Crippen LogP contribution < -0.4 is 5.32 Å². The summed E-state index contributed by atoms with van der Waals surface area (Å²) in [6.45, 7) is 4.36. The van der Waals surface area contributed by atoms with Gasteiger partial charge in [-0.05, 0) is 54.8 Å². The molecular formula is C21H22FN3. The summed E-state index contributed by atoms with van der Waals surface area (Å²) >= 11 is 0. The van der Waals surface area contributed by atoms with Crippen molar-refractivity contribution >= 4 is 11.4 Å². The van der Waals surface area contributed by atoms with E-state index in [9.17, 15) is 4.39 Å². The standard InChI is InChI=1S/C21H22FN3/c1-3-6-15(2)20-12-19(24-18-9-4-8-17(22)11-18)13-21(25-20)16-7-5-10-23-14-16/h4-5,7-15H,3,6H2,1-2H3,(H,24,25). The molecule has 3 aromatic rings. The van der Waals surface area contributed by atoms with Crippen LogP contribution in [0.4, 0.5) is 15.8 Å². The molecule has 25 heavy (non-hydrogen) atoms. The fourth-order valence-electron chi connectivity index (χ4n) is 2.85. The number of nitrogens with zero attached hydrogens (tertiary/aromatic N) is 2. The highest BCUT2D eigenvalue weighted by molar-refractivity contribution is 5.68. The molecule has 2 heterocycles. The number of halogens is 1. The SMILES string of the molecule is CCCC(C)c1cc(Nc2cccc(F)c2)cc(-c2cccnc2)n1. The second kappa shape index (κ2) is 7.88. The minimum atomic E-state index is -0.258. The van der Waals surface area contributed by atoms with E-state index in [1.165, 1.54) is 12.1 Å². The van der Waals surface area contributed by atoms with Crippen molar-refractivity contribution in [2.24, 2.45) is 0 Å². The Labute approximate surface area is 148 Å². The molecule has 0 fully saturated rings. The van der Waals surface area contributed by atoms with Crippen molar-refractivity contribution in [2.45, 2.75) is 32.6 Å². The Morgan fingerprint density at radius 3 is 2.68 bits per heavy atom. The molecule has 0 aliphatic rings. The number of benzene rings is 1. The second-order valence-corrected chi connectivity index (χ2v) is 6.23. The van der Waals surface area contributed by atoms with E-state index in [1.807, 2.05) is 36.5 Å². The predicted molar refractivity (Wildman–Crippen MR) is 100 cm³/mol. The third kappa shape index (κ3) is 4.41. The van der Waals surface area contributed by atoms with Gasteiger partial charge in [0.15, 0.2) is 0 Å². The average Bonchev–Trinajstić information content (AvgIpc) is 2.62. The van der Waals surface area contributed by atoms with E-state index in [2.05, 4.69) is 24.1 Å². The van der Waals surface area contributed by atoms with Gasteiger partial charge in [0, 0.05) is 35.0 Å². The highest BCUT2D eigenvalue weighted by Crippen LogP contribution is 2.28. The van der Waals surface area contributed by atoms with Crippen LogP contribution in [0.3, 0.4) is 0 Å². The molecule has 0 radical (unpaired) electrons. The topological polar surface area (TPSA) is 37.8 Å². The van der Waals surface area contributed by atoms with Crippen LogP contribution in [0.1, 0.15) is 38.3 Å². The molecule has 128 valence electrons. The van der Waals surface area contributed by atoms with Crippen LogP contribution in [0.5, 0.6) is 0 Å². The smallest absolute Gasteiger partial charge is 0.125 e. The van der Waals surface area contributed by atoms with E-state index < -0.39 is 0 Å². The maximum Gasteiger partial charge on any atom is 0.125 e. The van der Waals surface area contributed by atoms with Crippen molar-refractivity contribution in [1.82, 2.24) is 9.97 Å². The molecule has 0 bridgehead atoms. The van der Waals surface area contributed by atoms with Gasteiger partial charge in [-0.15, -0.1) is 0 Å². The summed E-state index contributed by atoms with van der Waals surface area (Å²) < 4.78 is 13.5. The van der Waals surface area contributed by atoms with Gasteiger partial charge in [0.2, 0.25) is 0 Å². The van der Waals surface area contributed by atoms with Crippen molar-refractivity contribution < 1.29 is 4.39 Å². The summed E-state index contributed by atoms with van der Waals surface area (Å²) in [5, 5.41) is 3.29. The third-order valence-corrected chi connectivity index (χ3v) is 4.14. The molecule has 0 saturated carbocycles. The number of rotatable bonds is 6. The summed E-state index contributed by atoms with van der Waals surface area (Å²) in [6.07, 6.45) is 5.73. The highest BCUT2D eigenvalue weighted by atomic mass is 19.1. The van der Waals surface area contributed by atoms with Crippen molar-refractivity contribution in [2.75, 3.05) is 5.32 Å². The van der Waals surface area contributed by atoms with Gasteiger partial charge in [0.1, 0.15) is 5.82 Å². The molecule has 1 N–H and O–H groups in total. The van der Waals surface area contributed by atoms with Gasteiger partial charge in [0.25, 0.3) is 0 Å². The quantitative estimate of drug-likeness (QED) is 0.606. The van der Waals surface area contributed by atoms with Crippen molar-refractivity contribution in [3.63, 3.8) is 0 Å². The predicted octanol–water partition coefficient (Wildman–Crippen LogP) is 5.93. The van der Waals surface area contributed by atoms with Gasteiger partial charge in [0.05, 0.1) is 5.69 Å². The number of aromatic nitrogens is 2. The number of hydrogen-bond acceptors (Lipinski definition) is 3. The molecule has 0 aliphatic carbocycles. The molecule has 0 spiro atoms. The van der Waals surface area contributed by atoms with Gasteiger partial charge in [-0.3, -0.25) is 9.97 Å². The van der Waals surface area contributed by atoms with Crippen molar-refractivity contribution in [3.8, 4) is 11.3 Å². The molecule has 3 nitrogen and oxygen atoms in total. The molecule has 0 saturated heterocycles. The largest absolute Gasteiger partial charge is 0.355 e. The number of hydrogen-bond donors (Lipinski definition) is 1. The first-order valence-electron chi connectivity index (χ1n) is 8.60. The molecule has 3 rings (SSSR count). The molecular weight excluding hydrogens is 313 g/mol. The maximum atomic E-state index is 13.5. The minimum Gasteiger partial charge on any atom is -0.355 e. The van der Waals surface area contributed by atoms with E-state index in [1.54, 1.807) is 12.3 Å². The van der Waals surface area contributed by atoms with E-state index in [0.717, 1.165) is 41.2 Å². The summed E-state index contributed by atoms with van der Waals surface area (Å²) in [7, 11) is 0. The van der Waals surface area contributed by atoms with Crippen LogP contribution in [0.25, 0.3) is 11.3 Å². The fourth-order valence-corrected chi connectivity index (χ4v) is 2.85. The number of anilines is 2. The van der Waals surface area contributed by atoms with Gasteiger partial charge in [-0.25, -0.2) is 4.39 Å². The van der Waals surface area contributed by atoms with Gasteiger partial charge < -0.3 is 5.32 Å². The molecule has 0 amide bonds. The first-order valence-corrected chi connectivity index (χ1v) is 8.60. The second-order valence-electron chi connectivity index (χ2n) is 6.23. The van der Waals surface area contributed by atoms with Crippen LogP contribution >= 0.6 is 0 Å². The molecule has 1 aromatic carbocycles. The van der Waals surface area contributed by atoms with Crippen molar-refractivity contribution in [3.05, 3.63) is 72.4 Å². The first-order chi connectivity index (χ1) is 12.2. The zero-order chi connectivity index (χ0) is 17.6. The van der Waals surface area contributed by atoms with Crippen LogP contribution in [0.15, 0.2) is 60.9 Å². The van der Waals surface area contributed by atoms with Crippen LogP contribution in [-0.4, -0.2) is 9.97 Å². The lowest BCUT2D eigenvalue weighted by Crippen LogP contribution is -2.01. The lowest BCUT2D eigenvalue weighted by molar-refractivity contribution is 0.628. The molecule has 1 atom stereocenters. The highest BCUT2D eigenvalue weighted by Gasteiger charge is 2.11. The minimum absolute atomic E-state index is 0.258. The zero-order valence-corrected chi connectivity index (χ0v) is 14.5.